The Morgan fingerprint density at radius 1 is 1.38 bits per heavy atom. The number of carbonyl (C=O) groups excluding carboxylic acids is 1. The maximum atomic E-state index is 14.1. The summed E-state index contributed by atoms with van der Waals surface area (Å²) in [7, 11) is 0. The Balaban J connectivity index is 1.92. The molecule has 2 fully saturated rings. The van der Waals surface area contributed by atoms with E-state index in [-0.39, 0.29) is 29.7 Å². The van der Waals surface area contributed by atoms with Crippen molar-refractivity contribution in [3.8, 4) is 0 Å². The van der Waals surface area contributed by atoms with E-state index >= 15 is 0 Å². The number of benzene rings is 1. The molecule has 21 heavy (non-hydrogen) atoms. The number of anilines is 1. The number of amides is 1. The fourth-order valence-electron chi connectivity index (χ4n) is 3.00. The van der Waals surface area contributed by atoms with Crippen molar-refractivity contribution in [3.05, 3.63) is 28.5 Å². The molecule has 0 aromatic heterocycles. The summed E-state index contributed by atoms with van der Waals surface area (Å²) in [6, 6.07) is 4.68. The average Bonchev–Trinajstić information content (AvgIpc) is 2.69. The van der Waals surface area contributed by atoms with Crippen LogP contribution in [0.4, 0.5) is 10.1 Å². The van der Waals surface area contributed by atoms with Gasteiger partial charge in [0.1, 0.15) is 18.0 Å². The summed E-state index contributed by atoms with van der Waals surface area (Å²) < 4.78 is 26.4. The molecule has 0 unspecified atom stereocenters. The molecule has 114 valence electrons. The summed E-state index contributed by atoms with van der Waals surface area (Å²) in [5, 5.41) is 0. The fourth-order valence-corrected chi connectivity index (χ4v) is 3.33. The number of carbonyl (C=O) groups is 1. The van der Waals surface area contributed by atoms with Crippen molar-refractivity contribution in [1.82, 2.24) is 0 Å². The second kappa shape index (κ2) is 5.04. The number of rotatable bonds is 1. The van der Waals surface area contributed by atoms with Crippen LogP contribution in [-0.2, 0) is 14.3 Å². The van der Waals surface area contributed by atoms with Crippen molar-refractivity contribution in [2.24, 2.45) is 5.92 Å². The third kappa shape index (κ3) is 2.60. The summed E-state index contributed by atoms with van der Waals surface area (Å²) in [4.78, 5) is 14.0. The van der Waals surface area contributed by atoms with E-state index in [0.29, 0.717) is 11.0 Å². The van der Waals surface area contributed by atoms with Gasteiger partial charge in [-0.15, -0.1) is 0 Å². The van der Waals surface area contributed by atoms with E-state index in [1.165, 1.54) is 11.0 Å². The first-order valence-electron chi connectivity index (χ1n) is 6.90. The average molecular weight is 358 g/mol. The van der Waals surface area contributed by atoms with Gasteiger partial charge in [0.15, 0.2) is 5.79 Å². The van der Waals surface area contributed by atoms with Crippen molar-refractivity contribution in [2.75, 3.05) is 11.4 Å². The molecular formula is C15H17BrFNO3. The molecular weight excluding hydrogens is 341 g/mol. The maximum Gasteiger partial charge on any atom is 0.232 e. The molecule has 0 bridgehead atoms. The van der Waals surface area contributed by atoms with Crippen LogP contribution in [0.2, 0.25) is 0 Å². The van der Waals surface area contributed by atoms with Gasteiger partial charge in [-0.2, -0.15) is 0 Å². The normalized spacial score (nSPS) is 31.4. The first-order chi connectivity index (χ1) is 9.78. The largest absolute Gasteiger partial charge is 0.344 e. The van der Waals surface area contributed by atoms with Gasteiger partial charge >= 0.3 is 0 Å². The molecule has 6 heteroatoms. The van der Waals surface area contributed by atoms with Gasteiger partial charge in [0.05, 0.1) is 18.2 Å². The fraction of sp³-hybridized carbons (Fsp3) is 0.533. The molecule has 1 aromatic rings. The highest BCUT2D eigenvalue weighted by Crippen LogP contribution is 2.38. The Hall–Kier alpha value is -0.980. The Morgan fingerprint density at radius 2 is 2.10 bits per heavy atom. The summed E-state index contributed by atoms with van der Waals surface area (Å²) in [5.74, 6) is -1.65. The Labute approximate surface area is 131 Å². The molecule has 0 N–H and O–H groups in total. The van der Waals surface area contributed by atoms with Crippen molar-refractivity contribution in [3.63, 3.8) is 0 Å². The number of hydrogen-bond acceptors (Lipinski definition) is 3. The van der Waals surface area contributed by atoms with E-state index in [1.807, 2.05) is 13.8 Å². The lowest BCUT2D eigenvalue weighted by atomic mass is 9.93. The topological polar surface area (TPSA) is 38.8 Å². The monoisotopic (exact) mass is 357 g/mol. The number of ether oxygens (including phenoxy) is 2. The molecule has 2 saturated heterocycles. The first-order valence-corrected chi connectivity index (χ1v) is 7.70. The van der Waals surface area contributed by atoms with Crippen LogP contribution in [0, 0.1) is 11.7 Å². The molecule has 1 amide bonds. The van der Waals surface area contributed by atoms with Gasteiger partial charge in [0.25, 0.3) is 0 Å². The predicted octanol–water partition coefficient (Wildman–Crippen LogP) is 3.09. The van der Waals surface area contributed by atoms with Gasteiger partial charge in [-0.3, -0.25) is 4.79 Å². The number of hydrogen-bond donors (Lipinski definition) is 0. The number of piperidine rings is 1. The number of halogens is 2. The van der Waals surface area contributed by atoms with E-state index in [4.69, 9.17) is 9.47 Å². The van der Waals surface area contributed by atoms with Crippen LogP contribution in [0.1, 0.15) is 20.8 Å². The highest BCUT2D eigenvalue weighted by Gasteiger charge is 2.51. The quantitative estimate of drug-likeness (QED) is 0.775. The minimum absolute atomic E-state index is 0.140. The zero-order valence-corrected chi connectivity index (χ0v) is 13.7. The van der Waals surface area contributed by atoms with E-state index in [9.17, 15) is 9.18 Å². The molecule has 0 spiro atoms. The zero-order valence-electron chi connectivity index (χ0n) is 12.1. The van der Waals surface area contributed by atoms with Gasteiger partial charge in [-0.05, 0) is 32.0 Å². The molecule has 0 aliphatic carbocycles. The van der Waals surface area contributed by atoms with E-state index in [1.54, 1.807) is 19.1 Å². The number of nitrogens with zero attached hydrogens (tertiary/aromatic N) is 1. The molecule has 0 saturated carbocycles. The van der Waals surface area contributed by atoms with Crippen LogP contribution in [-0.4, -0.2) is 30.4 Å². The van der Waals surface area contributed by atoms with Gasteiger partial charge in [-0.25, -0.2) is 4.39 Å². The Kier molecular flexibility index (Phi) is 3.58. The molecule has 2 aliphatic heterocycles. The van der Waals surface area contributed by atoms with Crippen LogP contribution >= 0.6 is 15.9 Å². The standard InChI is InChI=1S/C15H17BrFNO3/c1-8-13-12(20-15(2,3)21-13)7-18(14(8)19)11-5-4-9(16)6-10(11)17/h4-6,8,12-13H,7H2,1-3H3/t8-,12-,13+/m0/s1. The summed E-state index contributed by atoms with van der Waals surface area (Å²) in [6.45, 7) is 5.75. The van der Waals surface area contributed by atoms with Gasteiger partial charge in [0.2, 0.25) is 5.91 Å². The molecule has 0 radical (unpaired) electrons. The highest BCUT2D eigenvalue weighted by atomic mass is 79.9. The maximum absolute atomic E-state index is 14.1. The third-order valence-corrected chi connectivity index (χ3v) is 4.43. The third-order valence-electron chi connectivity index (χ3n) is 3.93. The van der Waals surface area contributed by atoms with Crippen molar-refractivity contribution < 1.29 is 18.7 Å². The lowest BCUT2D eigenvalue weighted by Crippen LogP contribution is -2.54. The van der Waals surface area contributed by atoms with E-state index < -0.39 is 11.6 Å². The van der Waals surface area contributed by atoms with Gasteiger partial charge in [-0.1, -0.05) is 22.9 Å². The zero-order chi connectivity index (χ0) is 15.4. The Bertz CT molecular complexity index is 592. The lowest BCUT2D eigenvalue weighted by molar-refractivity contribution is -0.149. The lowest BCUT2D eigenvalue weighted by Gasteiger charge is -2.36. The minimum Gasteiger partial charge on any atom is -0.344 e. The van der Waals surface area contributed by atoms with Crippen LogP contribution in [0.5, 0.6) is 0 Å². The van der Waals surface area contributed by atoms with Crippen LogP contribution in [0.15, 0.2) is 22.7 Å². The molecule has 3 atom stereocenters. The molecule has 3 rings (SSSR count). The van der Waals surface area contributed by atoms with Crippen LogP contribution in [0.25, 0.3) is 0 Å². The molecule has 2 heterocycles. The van der Waals surface area contributed by atoms with E-state index in [0.717, 1.165) is 0 Å². The summed E-state index contributed by atoms with van der Waals surface area (Å²) >= 11 is 3.22. The van der Waals surface area contributed by atoms with Crippen molar-refractivity contribution in [1.29, 1.82) is 0 Å². The van der Waals surface area contributed by atoms with Gasteiger partial charge in [0, 0.05) is 4.47 Å². The molecule has 2 aliphatic rings. The smallest absolute Gasteiger partial charge is 0.232 e. The minimum atomic E-state index is -0.710. The second-order valence-corrected chi connectivity index (χ2v) is 6.89. The Morgan fingerprint density at radius 3 is 2.76 bits per heavy atom. The SMILES string of the molecule is C[C@@H]1C(=O)N(c2ccc(Br)cc2F)C[C@@H]2OC(C)(C)O[C@@H]21. The summed E-state index contributed by atoms with van der Waals surface area (Å²) in [6.07, 6.45) is -0.516. The highest BCUT2D eigenvalue weighted by molar-refractivity contribution is 9.10. The van der Waals surface area contributed by atoms with Crippen LogP contribution in [0.3, 0.4) is 0 Å². The second-order valence-electron chi connectivity index (χ2n) is 5.97. The van der Waals surface area contributed by atoms with E-state index in [2.05, 4.69) is 15.9 Å². The van der Waals surface area contributed by atoms with Gasteiger partial charge < -0.3 is 14.4 Å². The summed E-state index contributed by atoms with van der Waals surface area (Å²) in [5.41, 5.74) is 0.279. The first kappa shape index (κ1) is 14.9. The van der Waals surface area contributed by atoms with Crippen LogP contribution < -0.4 is 4.90 Å². The molecule has 1 aromatic carbocycles. The van der Waals surface area contributed by atoms with Crippen molar-refractivity contribution in [2.45, 2.75) is 38.8 Å². The molecule has 4 nitrogen and oxygen atoms in total. The van der Waals surface area contributed by atoms with Crippen molar-refractivity contribution >= 4 is 27.5 Å². The number of fused-ring (bicyclic) bond motifs is 1. The predicted molar refractivity (Wildman–Crippen MR) is 79.4 cm³/mol.